The van der Waals surface area contributed by atoms with Gasteiger partial charge in [0.05, 0.1) is 0 Å². The number of nitrogens with one attached hydrogen (secondary N) is 1. The summed E-state index contributed by atoms with van der Waals surface area (Å²) in [6.07, 6.45) is 11.5. The molecule has 3 aliphatic rings. The first-order chi connectivity index (χ1) is 8.36. The van der Waals surface area contributed by atoms with Crippen LogP contribution in [0.5, 0.6) is 0 Å². The molecule has 0 aromatic carbocycles. The minimum absolute atomic E-state index is 0.818. The smallest absolute Gasteiger partial charge is 0.0250 e. The predicted octanol–water partition coefficient (Wildman–Crippen LogP) is 2.78. The second kappa shape index (κ2) is 5.27. The lowest BCUT2D eigenvalue weighted by Crippen LogP contribution is -2.46. The molecule has 2 aliphatic heterocycles. The quantitative estimate of drug-likeness (QED) is 0.810. The Morgan fingerprint density at radius 2 is 2.00 bits per heavy atom. The van der Waals surface area contributed by atoms with Crippen LogP contribution in [0.4, 0.5) is 0 Å². The maximum atomic E-state index is 4.01. The summed E-state index contributed by atoms with van der Waals surface area (Å²) in [7, 11) is 0. The first-order valence-corrected chi connectivity index (χ1v) is 7.87. The Morgan fingerprint density at radius 3 is 2.88 bits per heavy atom. The maximum absolute atomic E-state index is 4.01. The molecule has 0 radical (unpaired) electrons. The van der Waals surface area contributed by atoms with Crippen LogP contribution in [-0.2, 0) is 0 Å². The minimum atomic E-state index is 0.818. The van der Waals surface area contributed by atoms with E-state index in [1.165, 1.54) is 64.5 Å². The van der Waals surface area contributed by atoms with Crippen LogP contribution in [0.25, 0.3) is 0 Å². The molecule has 17 heavy (non-hydrogen) atoms. The highest BCUT2D eigenvalue weighted by atomic mass is 15.2. The molecule has 2 nitrogen and oxygen atoms in total. The molecule has 2 heterocycles. The Labute approximate surface area is 106 Å². The van der Waals surface area contributed by atoms with Crippen molar-refractivity contribution >= 4 is 0 Å². The van der Waals surface area contributed by atoms with E-state index in [1.54, 1.807) is 0 Å². The van der Waals surface area contributed by atoms with E-state index in [4.69, 9.17) is 0 Å². The topological polar surface area (TPSA) is 15.3 Å². The largest absolute Gasteiger partial charge is 0.310 e. The minimum Gasteiger partial charge on any atom is -0.310 e. The van der Waals surface area contributed by atoms with Crippen LogP contribution >= 0.6 is 0 Å². The van der Waals surface area contributed by atoms with Crippen LogP contribution in [-0.4, -0.2) is 36.1 Å². The highest BCUT2D eigenvalue weighted by Crippen LogP contribution is 2.31. The molecule has 2 heteroatoms. The molecular formula is C15H28N2. The van der Waals surface area contributed by atoms with Crippen molar-refractivity contribution in [3.05, 3.63) is 0 Å². The summed E-state index contributed by atoms with van der Waals surface area (Å²) in [6, 6.07) is 2.54. The summed E-state index contributed by atoms with van der Waals surface area (Å²) < 4.78 is 0. The zero-order valence-electron chi connectivity index (χ0n) is 11.3. The van der Waals surface area contributed by atoms with E-state index in [1.807, 2.05) is 0 Å². The molecule has 1 N–H and O–H groups in total. The van der Waals surface area contributed by atoms with Crippen molar-refractivity contribution in [2.75, 3.05) is 13.1 Å². The molecule has 0 amide bonds. The van der Waals surface area contributed by atoms with Crippen molar-refractivity contribution in [3.8, 4) is 0 Å². The second-order valence-electron chi connectivity index (χ2n) is 6.45. The predicted molar refractivity (Wildman–Crippen MR) is 72.2 cm³/mol. The van der Waals surface area contributed by atoms with Crippen molar-refractivity contribution in [1.29, 1.82) is 0 Å². The van der Waals surface area contributed by atoms with Crippen molar-refractivity contribution in [1.82, 2.24) is 10.2 Å². The van der Waals surface area contributed by atoms with Gasteiger partial charge in [-0.3, -0.25) is 4.90 Å². The van der Waals surface area contributed by atoms with Crippen molar-refractivity contribution < 1.29 is 0 Å². The van der Waals surface area contributed by atoms with Gasteiger partial charge in [0.15, 0.2) is 0 Å². The number of rotatable bonds is 3. The third-order valence-electron chi connectivity index (χ3n) is 5.42. The number of nitrogens with zero attached hydrogens (tertiary/aromatic N) is 1. The Kier molecular flexibility index (Phi) is 3.72. The van der Waals surface area contributed by atoms with Gasteiger partial charge in [-0.05, 0) is 44.6 Å². The van der Waals surface area contributed by atoms with Gasteiger partial charge in [0.2, 0.25) is 0 Å². The molecule has 0 aromatic rings. The molecule has 2 saturated heterocycles. The molecule has 0 bridgehead atoms. The van der Waals surface area contributed by atoms with Gasteiger partial charge >= 0.3 is 0 Å². The van der Waals surface area contributed by atoms with E-state index >= 15 is 0 Å². The van der Waals surface area contributed by atoms with Gasteiger partial charge in [0.1, 0.15) is 0 Å². The number of hydrogen-bond acceptors (Lipinski definition) is 2. The van der Waals surface area contributed by atoms with Gasteiger partial charge in [-0.15, -0.1) is 0 Å². The van der Waals surface area contributed by atoms with Gasteiger partial charge in [-0.2, -0.15) is 0 Å². The number of fused-ring (bicyclic) bond motifs is 1. The van der Waals surface area contributed by atoms with Gasteiger partial charge in [0.25, 0.3) is 0 Å². The summed E-state index contributed by atoms with van der Waals surface area (Å²) in [5.74, 6) is 1.00. The molecule has 4 unspecified atom stereocenters. The maximum Gasteiger partial charge on any atom is 0.0250 e. The third-order valence-corrected chi connectivity index (χ3v) is 5.42. The van der Waals surface area contributed by atoms with Crippen LogP contribution in [0.3, 0.4) is 0 Å². The lowest BCUT2D eigenvalue weighted by Gasteiger charge is -2.33. The highest BCUT2D eigenvalue weighted by molar-refractivity contribution is 4.97. The van der Waals surface area contributed by atoms with E-state index in [9.17, 15) is 0 Å². The van der Waals surface area contributed by atoms with Crippen LogP contribution in [0.2, 0.25) is 0 Å². The van der Waals surface area contributed by atoms with Gasteiger partial charge in [-0.1, -0.05) is 26.2 Å². The normalized spacial score (nSPS) is 42.9. The Morgan fingerprint density at radius 1 is 1.06 bits per heavy atom. The molecule has 1 aliphatic carbocycles. The van der Waals surface area contributed by atoms with E-state index in [0.717, 1.165) is 24.0 Å². The molecule has 98 valence electrons. The molecule has 0 aromatic heterocycles. The fourth-order valence-corrected chi connectivity index (χ4v) is 4.39. The van der Waals surface area contributed by atoms with E-state index in [-0.39, 0.29) is 0 Å². The van der Waals surface area contributed by atoms with Gasteiger partial charge in [-0.25, -0.2) is 0 Å². The number of hydrogen-bond donors (Lipinski definition) is 1. The molecule has 1 saturated carbocycles. The van der Waals surface area contributed by atoms with Crippen LogP contribution in [0.15, 0.2) is 0 Å². The Balaban J connectivity index is 1.52. The van der Waals surface area contributed by atoms with E-state index in [2.05, 4.69) is 17.1 Å². The van der Waals surface area contributed by atoms with E-state index < -0.39 is 0 Å². The molecule has 0 spiro atoms. The van der Waals surface area contributed by atoms with Crippen LogP contribution in [0, 0.1) is 5.92 Å². The lowest BCUT2D eigenvalue weighted by atomic mass is 9.83. The SMILES string of the molecule is CCC1CCCC(NC2CCN3CCCC23)C1. The lowest BCUT2D eigenvalue weighted by molar-refractivity contribution is 0.237. The van der Waals surface area contributed by atoms with Gasteiger partial charge < -0.3 is 5.32 Å². The fourth-order valence-electron chi connectivity index (χ4n) is 4.39. The fraction of sp³-hybridized carbons (Fsp3) is 1.00. The first-order valence-electron chi connectivity index (χ1n) is 7.87. The summed E-state index contributed by atoms with van der Waals surface area (Å²) in [4.78, 5) is 2.72. The molecule has 4 atom stereocenters. The molecule has 3 fully saturated rings. The summed E-state index contributed by atoms with van der Waals surface area (Å²) >= 11 is 0. The Bertz CT molecular complexity index is 253. The van der Waals surface area contributed by atoms with Crippen molar-refractivity contribution in [2.45, 2.75) is 76.4 Å². The van der Waals surface area contributed by atoms with Crippen LogP contribution < -0.4 is 5.32 Å². The molecule has 3 rings (SSSR count). The Hall–Kier alpha value is -0.0800. The van der Waals surface area contributed by atoms with Crippen molar-refractivity contribution in [2.24, 2.45) is 5.92 Å². The highest BCUT2D eigenvalue weighted by Gasteiger charge is 2.38. The first kappa shape index (κ1) is 12.0. The summed E-state index contributed by atoms with van der Waals surface area (Å²) in [6.45, 7) is 5.08. The monoisotopic (exact) mass is 236 g/mol. The van der Waals surface area contributed by atoms with Gasteiger partial charge in [0, 0.05) is 24.7 Å². The second-order valence-corrected chi connectivity index (χ2v) is 6.45. The zero-order valence-corrected chi connectivity index (χ0v) is 11.3. The average Bonchev–Trinajstić information content (AvgIpc) is 2.94. The third kappa shape index (κ3) is 2.53. The molecular weight excluding hydrogens is 208 g/mol. The van der Waals surface area contributed by atoms with Crippen molar-refractivity contribution in [3.63, 3.8) is 0 Å². The standard InChI is InChI=1S/C15H28N2/c1-2-12-5-3-6-13(11-12)16-14-8-10-17-9-4-7-15(14)17/h12-16H,2-11H2,1H3. The summed E-state index contributed by atoms with van der Waals surface area (Å²) in [5, 5.41) is 4.01. The average molecular weight is 236 g/mol. The summed E-state index contributed by atoms with van der Waals surface area (Å²) in [5.41, 5.74) is 0. The van der Waals surface area contributed by atoms with Crippen LogP contribution in [0.1, 0.15) is 58.3 Å². The zero-order chi connectivity index (χ0) is 11.7. The van der Waals surface area contributed by atoms with E-state index in [0.29, 0.717) is 0 Å².